The number of carboxylic acid groups (broad SMARTS) is 1. The largest absolute Gasteiger partial charge is 0.481 e. The fourth-order valence-electron chi connectivity index (χ4n) is 0.892. The fourth-order valence-corrected chi connectivity index (χ4v) is 0.892. The first-order valence-corrected chi connectivity index (χ1v) is 3.69. The summed E-state index contributed by atoms with van der Waals surface area (Å²) in [5, 5.41) is 8.87. The van der Waals surface area contributed by atoms with Crippen molar-refractivity contribution < 1.29 is 9.90 Å². The number of rotatable bonds is 2. The number of aromatic nitrogens is 1. The summed E-state index contributed by atoms with van der Waals surface area (Å²) < 4.78 is 0. The number of pyridine rings is 1. The standard InChI is InChI=1S/C9H11NO2/c1-9(2,8(11)12)7-3-5-10-6-4-7/h3-6H,1-2H3,(H,11,12). The van der Waals surface area contributed by atoms with Crippen molar-refractivity contribution in [3.63, 3.8) is 0 Å². The smallest absolute Gasteiger partial charge is 0.313 e. The molecule has 0 atom stereocenters. The molecule has 0 aliphatic rings. The van der Waals surface area contributed by atoms with Gasteiger partial charge in [-0.25, -0.2) is 0 Å². The number of carbonyl (C=O) groups is 1. The minimum Gasteiger partial charge on any atom is -0.481 e. The average Bonchev–Trinajstić information content (AvgIpc) is 2.06. The Balaban J connectivity index is 3.06. The number of carboxylic acids is 1. The van der Waals surface area contributed by atoms with Gasteiger partial charge in [-0.15, -0.1) is 0 Å². The van der Waals surface area contributed by atoms with Gasteiger partial charge < -0.3 is 5.11 Å². The van der Waals surface area contributed by atoms with E-state index in [1.807, 2.05) is 0 Å². The van der Waals surface area contributed by atoms with Crippen molar-refractivity contribution in [2.24, 2.45) is 0 Å². The molecule has 3 nitrogen and oxygen atoms in total. The van der Waals surface area contributed by atoms with Crippen LogP contribution < -0.4 is 0 Å². The summed E-state index contributed by atoms with van der Waals surface area (Å²) in [6.07, 6.45) is 3.19. The maximum atomic E-state index is 10.8. The van der Waals surface area contributed by atoms with Crippen LogP contribution >= 0.6 is 0 Å². The minimum atomic E-state index is -0.830. The third-order valence-electron chi connectivity index (χ3n) is 1.94. The van der Waals surface area contributed by atoms with Crippen molar-refractivity contribution in [2.75, 3.05) is 0 Å². The Morgan fingerprint density at radius 2 is 1.92 bits per heavy atom. The molecule has 0 amide bonds. The van der Waals surface area contributed by atoms with E-state index in [-0.39, 0.29) is 0 Å². The van der Waals surface area contributed by atoms with E-state index in [1.165, 1.54) is 0 Å². The minimum absolute atomic E-state index is 0.769. The van der Waals surface area contributed by atoms with Gasteiger partial charge >= 0.3 is 5.97 Å². The average molecular weight is 165 g/mol. The second-order valence-electron chi connectivity index (χ2n) is 3.17. The Hall–Kier alpha value is -1.38. The van der Waals surface area contributed by atoms with Crippen LogP contribution in [0.2, 0.25) is 0 Å². The summed E-state index contributed by atoms with van der Waals surface area (Å²) in [4.78, 5) is 14.6. The highest BCUT2D eigenvalue weighted by Gasteiger charge is 2.28. The van der Waals surface area contributed by atoms with Crippen LogP contribution in [0.5, 0.6) is 0 Å². The van der Waals surface area contributed by atoms with Gasteiger partial charge in [-0.1, -0.05) is 0 Å². The lowest BCUT2D eigenvalue weighted by Crippen LogP contribution is -2.28. The van der Waals surface area contributed by atoms with E-state index < -0.39 is 11.4 Å². The summed E-state index contributed by atoms with van der Waals surface area (Å²) in [5.41, 5.74) is -0.0619. The van der Waals surface area contributed by atoms with Crippen molar-refractivity contribution >= 4 is 5.97 Å². The Morgan fingerprint density at radius 1 is 1.42 bits per heavy atom. The molecular weight excluding hydrogens is 154 g/mol. The summed E-state index contributed by atoms with van der Waals surface area (Å²) in [6, 6.07) is 3.43. The van der Waals surface area contributed by atoms with E-state index in [2.05, 4.69) is 4.98 Å². The highest BCUT2D eigenvalue weighted by atomic mass is 16.4. The van der Waals surface area contributed by atoms with Crippen molar-refractivity contribution in [3.8, 4) is 0 Å². The van der Waals surface area contributed by atoms with Crippen LogP contribution in [-0.4, -0.2) is 16.1 Å². The maximum absolute atomic E-state index is 10.8. The van der Waals surface area contributed by atoms with Crippen molar-refractivity contribution in [1.29, 1.82) is 0 Å². The molecule has 0 unspecified atom stereocenters. The van der Waals surface area contributed by atoms with Crippen LogP contribution in [0, 0.1) is 0 Å². The molecule has 1 N–H and O–H groups in total. The van der Waals surface area contributed by atoms with Gasteiger partial charge in [0.2, 0.25) is 0 Å². The topological polar surface area (TPSA) is 50.2 Å². The SMILES string of the molecule is CC(C)(C(=O)O)c1ccncc1. The normalized spacial score (nSPS) is 11.2. The third-order valence-corrected chi connectivity index (χ3v) is 1.94. The van der Waals surface area contributed by atoms with Gasteiger partial charge in [0.25, 0.3) is 0 Å². The van der Waals surface area contributed by atoms with E-state index in [0.29, 0.717) is 0 Å². The molecule has 0 spiro atoms. The summed E-state index contributed by atoms with van der Waals surface area (Å²) in [6.45, 7) is 3.34. The van der Waals surface area contributed by atoms with Gasteiger partial charge in [-0.3, -0.25) is 9.78 Å². The quantitative estimate of drug-likeness (QED) is 0.721. The van der Waals surface area contributed by atoms with Gasteiger partial charge in [0.05, 0.1) is 5.41 Å². The van der Waals surface area contributed by atoms with Gasteiger partial charge in [0.1, 0.15) is 0 Å². The molecule has 0 fully saturated rings. The zero-order valence-electron chi connectivity index (χ0n) is 7.11. The highest BCUT2D eigenvalue weighted by Crippen LogP contribution is 2.21. The number of aliphatic carboxylic acids is 1. The van der Waals surface area contributed by atoms with E-state index >= 15 is 0 Å². The lowest BCUT2D eigenvalue weighted by Gasteiger charge is -2.18. The molecule has 1 heterocycles. The molecule has 0 aliphatic heterocycles. The third kappa shape index (κ3) is 1.44. The first-order valence-electron chi connectivity index (χ1n) is 3.69. The van der Waals surface area contributed by atoms with Crippen molar-refractivity contribution in [3.05, 3.63) is 30.1 Å². The Morgan fingerprint density at radius 3 is 2.33 bits per heavy atom. The van der Waals surface area contributed by atoms with Gasteiger partial charge in [0, 0.05) is 12.4 Å². The van der Waals surface area contributed by atoms with Gasteiger partial charge in [-0.05, 0) is 31.5 Å². The maximum Gasteiger partial charge on any atom is 0.313 e. The molecule has 64 valence electrons. The second kappa shape index (κ2) is 2.93. The first-order chi connectivity index (χ1) is 5.55. The van der Waals surface area contributed by atoms with Gasteiger partial charge in [-0.2, -0.15) is 0 Å². The van der Waals surface area contributed by atoms with E-state index in [1.54, 1.807) is 38.4 Å². The van der Waals surface area contributed by atoms with Crippen LogP contribution in [0.3, 0.4) is 0 Å². The summed E-state index contributed by atoms with van der Waals surface area (Å²) >= 11 is 0. The molecule has 0 bridgehead atoms. The van der Waals surface area contributed by atoms with Crippen LogP contribution in [0.25, 0.3) is 0 Å². The molecule has 1 rings (SSSR count). The molecule has 12 heavy (non-hydrogen) atoms. The molecule has 1 aromatic heterocycles. The van der Waals surface area contributed by atoms with Crippen molar-refractivity contribution in [1.82, 2.24) is 4.98 Å². The molecular formula is C9H11NO2. The van der Waals surface area contributed by atoms with Crippen LogP contribution in [-0.2, 0) is 10.2 Å². The van der Waals surface area contributed by atoms with E-state index in [9.17, 15) is 4.79 Å². The monoisotopic (exact) mass is 165 g/mol. The predicted octanol–water partition coefficient (Wildman–Crippen LogP) is 1.44. The number of nitrogens with zero attached hydrogens (tertiary/aromatic N) is 1. The fraction of sp³-hybridized carbons (Fsp3) is 0.333. The van der Waals surface area contributed by atoms with E-state index in [4.69, 9.17) is 5.11 Å². The Kier molecular flexibility index (Phi) is 2.13. The van der Waals surface area contributed by atoms with Crippen LogP contribution in [0.15, 0.2) is 24.5 Å². The van der Waals surface area contributed by atoms with E-state index in [0.717, 1.165) is 5.56 Å². The molecule has 3 heteroatoms. The van der Waals surface area contributed by atoms with Crippen LogP contribution in [0.4, 0.5) is 0 Å². The van der Waals surface area contributed by atoms with Crippen LogP contribution in [0.1, 0.15) is 19.4 Å². The zero-order chi connectivity index (χ0) is 9.19. The molecule has 1 aromatic rings. The van der Waals surface area contributed by atoms with Crippen molar-refractivity contribution in [2.45, 2.75) is 19.3 Å². The predicted molar refractivity (Wildman–Crippen MR) is 44.9 cm³/mol. The molecule has 0 radical (unpaired) electrons. The highest BCUT2D eigenvalue weighted by molar-refractivity contribution is 5.80. The molecule has 0 aromatic carbocycles. The number of hydrogen-bond acceptors (Lipinski definition) is 2. The molecule has 0 aliphatic carbocycles. The molecule has 0 saturated heterocycles. The zero-order valence-corrected chi connectivity index (χ0v) is 7.11. The summed E-state index contributed by atoms with van der Waals surface area (Å²) in [7, 11) is 0. The lowest BCUT2D eigenvalue weighted by molar-refractivity contribution is -0.142. The lowest BCUT2D eigenvalue weighted by atomic mass is 9.86. The first kappa shape index (κ1) is 8.71. The Labute approximate surface area is 71.1 Å². The summed E-state index contributed by atoms with van der Waals surface area (Å²) in [5.74, 6) is -0.825. The van der Waals surface area contributed by atoms with Gasteiger partial charge in [0.15, 0.2) is 0 Å². The number of hydrogen-bond donors (Lipinski definition) is 1. The molecule has 0 saturated carbocycles. The second-order valence-corrected chi connectivity index (χ2v) is 3.17. The Bertz CT molecular complexity index is 280.